The van der Waals surface area contributed by atoms with Gasteiger partial charge in [0.2, 0.25) is 5.91 Å². The Balaban J connectivity index is 2.37. The molecule has 21 heavy (non-hydrogen) atoms. The summed E-state index contributed by atoms with van der Waals surface area (Å²) >= 11 is 0. The van der Waals surface area contributed by atoms with Gasteiger partial charge < -0.3 is 15.7 Å². The number of aliphatic hydroxyl groups excluding tert-OH is 1. The molecular formula is C14H19N3O4. The highest BCUT2D eigenvalue weighted by Gasteiger charge is 2.04. The molecule has 1 unspecified atom stereocenters. The van der Waals surface area contributed by atoms with Crippen molar-refractivity contribution in [2.75, 3.05) is 19.6 Å². The normalized spacial score (nSPS) is 12.3. The Morgan fingerprint density at radius 2 is 2.24 bits per heavy atom. The van der Waals surface area contributed by atoms with Crippen LogP contribution >= 0.6 is 0 Å². The minimum absolute atomic E-state index is 0.0140. The van der Waals surface area contributed by atoms with E-state index < -0.39 is 11.0 Å². The van der Waals surface area contributed by atoms with Crippen LogP contribution < -0.4 is 10.6 Å². The maximum atomic E-state index is 11.5. The second-order valence-corrected chi connectivity index (χ2v) is 4.53. The molecule has 0 fully saturated rings. The molecule has 1 amide bonds. The van der Waals surface area contributed by atoms with E-state index in [-0.39, 0.29) is 11.6 Å². The lowest BCUT2D eigenvalue weighted by molar-refractivity contribution is -0.384. The van der Waals surface area contributed by atoms with E-state index in [1.54, 1.807) is 19.1 Å². The molecule has 1 aromatic rings. The van der Waals surface area contributed by atoms with Crippen molar-refractivity contribution in [2.24, 2.45) is 0 Å². The molecule has 0 bridgehead atoms. The summed E-state index contributed by atoms with van der Waals surface area (Å²) in [6, 6.07) is 6.04. The Bertz CT molecular complexity index is 515. The van der Waals surface area contributed by atoms with Crippen LogP contribution in [0.2, 0.25) is 0 Å². The number of non-ortho nitro benzene ring substituents is 1. The van der Waals surface area contributed by atoms with Gasteiger partial charge in [-0.1, -0.05) is 12.1 Å². The molecule has 114 valence electrons. The van der Waals surface area contributed by atoms with E-state index >= 15 is 0 Å². The van der Waals surface area contributed by atoms with Crippen molar-refractivity contribution in [1.29, 1.82) is 0 Å². The van der Waals surface area contributed by atoms with Gasteiger partial charge >= 0.3 is 0 Å². The van der Waals surface area contributed by atoms with Gasteiger partial charge in [-0.15, -0.1) is 0 Å². The monoisotopic (exact) mass is 293 g/mol. The zero-order chi connectivity index (χ0) is 15.7. The number of nitrogens with one attached hydrogen (secondary N) is 2. The molecule has 0 radical (unpaired) electrons. The topological polar surface area (TPSA) is 104 Å². The highest BCUT2D eigenvalue weighted by Crippen LogP contribution is 2.13. The first-order chi connectivity index (χ1) is 9.99. The summed E-state index contributed by atoms with van der Waals surface area (Å²) in [6.07, 6.45) is 2.42. The summed E-state index contributed by atoms with van der Waals surface area (Å²) in [6.45, 7) is 3.14. The number of benzene rings is 1. The average molecular weight is 293 g/mol. The number of hydrogen-bond donors (Lipinski definition) is 3. The van der Waals surface area contributed by atoms with Gasteiger partial charge in [0, 0.05) is 37.8 Å². The lowest BCUT2D eigenvalue weighted by atomic mass is 10.2. The highest BCUT2D eigenvalue weighted by molar-refractivity contribution is 5.91. The van der Waals surface area contributed by atoms with Gasteiger partial charge in [0.15, 0.2) is 0 Å². The predicted octanol–water partition coefficient (Wildman–Crippen LogP) is 0.695. The smallest absolute Gasteiger partial charge is 0.270 e. The summed E-state index contributed by atoms with van der Waals surface area (Å²) in [7, 11) is 0. The van der Waals surface area contributed by atoms with Gasteiger partial charge in [-0.05, 0) is 18.6 Å². The SMILES string of the molecule is CC(O)CNCCNC(=O)/C=C/c1cccc([N+](=O)[O-])c1. The quantitative estimate of drug-likeness (QED) is 0.283. The van der Waals surface area contributed by atoms with Crippen LogP contribution in [-0.4, -0.2) is 41.7 Å². The maximum Gasteiger partial charge on any atom is 0.270 e. The van der Waals surface area contributed by atoms with E-state index in [0.717, 1.165) is 0 Å². The number of carbonyl (C=O) groups excluding carboxylic acids is 1. The van der Waals surface area contributed by atoms with Crippen molar-refractivity contribution in [1.82, 2.24) is 10.6 Å². The van der Waals surface area contributed by atoms with E-state index in [4.69, 9.17) is 5.11 Å². The Morgan fingerprint density at radius 1 is 1.48 bits per heavy atom. The third-order valence-corrected chi connectivity index (χ3v) is 2.55. The summed E-state index contributed by atoms with van der Waals surface area (Å²) < 4.78 is 0. The van der Waals surface area contributed by atoms with Gasteiger partial charge in [0.05, 0.1) is 11.0 Å². The number of aliphatic hydroxyl groups is 1. The number of nitrogens with zero attached hydrogens (tertiary/aromatic N) is 1. The molecule has 1 aromatic carbocycles. The number of nitro benzene ring substituents is 1. The van der Waals surface area contributed by atoms with Crippen molar-refractivity contribution >= 4 is 17.7 Å². The number of nitro groups is 1. The van der Waals surface area contributed by atoms with Crippen molar-refractivity contribution in [2.45, 2.75) is 13.0 Å². The summed E-state index contributed by atoms with van der Waals surface area (Å²) in [4.78, 5) is 21.7. The maximum absolute atomic E-state index is 11.5. The van der Waals surface area contributed by atoms with E-state index in [9.17, 15) is 14.9 Å². The molecule has 0 aliphatic carbocycles. The van der Waals surface area contributed by atoms with Crippen LogP contribution in [0.3, 0.4) is 0 Å². The molecule has 0 saturated heterocycles. The molecule has 3 N–H and O–H groups in total. The van der Waals surface area contributed by atoms with Gasteiger partial charge in [-0.25, -0.2) is 0 Å². The Hall–Kier alpha value is -2.25. The number of amides is 1. The van der Waals surface area contributed by atoms with E-state index in [0.29, 0.717) is 25.2 Å². The molecule has 0 aliphatic rings. The molecule has 1 atom stereocenters. The second-order valence-electron chi connectivity index (χ2n) is 4.53. The molecule has 0 saturated carbocycles. The lowest BCUT2D eigenvalue weighted by Crippen LogP contribution is -2.33. The molecule has 0 spiro atoms. The number of rotatable bonds is 8. The standard InChI is InChI=1S/C14H19N3O4/c1-11(18)10-15-7-8-16-14(19)6-5-12-3-2-4-13(9-12)17(20)21/h2-6,9,11,15,18H,7-8,10H2,1H3,(H,16,19)/b6-5+. The summed E-state index contributed by atoms with van der Waals surface area (Å²) in [5.74, 6) is -0.277. The van der Waals surface area contributed by atoms with Crippen molar-refractivity contribution in [3.63, 3.8) is 0 Å². The molecule has 1 rings (SSSR count). The zero-order valence-corrected chi connectivity index (χ0v) is 11.8. The Kier molecular flexibility index (Phi) is 7.06. The third kappa shape index (κ3) is 7.19. The first kappa shape index (κ1) is 16.8. The largest absolute Gasteiger partial charge is 0.392 e. The van der Waals surface area contributed by atoms with Crippen LogP contribution in [0.25, 0.3) is 6.08 Å². The van der Waals surface area contributed by atoms with Crippen LogP contribution in [0, 0.1) is 10.1 Å². The molecule has 7 nitrogen and oxygen atoms in total. The Morgan fingerprint density at radius 3 is 2.90 bits per heavy atom. The first-order valence-corrected chi connectivity index (χ1v) is 6.58. The van der Waals surface area contributed by atoms with Gasteiger partial charge in [0.25, 0.3) is 5.69 Å². The van der Waals surface area contributed by atoms with Crippen molar-refractivity contribution in [3.8, 4) is 0 Å². The van der Waals surface area contributed by atoms with Gasteiger partial charge in [-0.3, -0.25) is 14.9 Å². The van der Waals surface area contributed by atoms with Gasteiger partial charge in [-0.2, -0.15) is 0 Å². The highest BCUT2D eigenvalue weighted by atomic mass is 16.6. The van der Waals surface area contributed by atoms with Crippen LogP contribution in [-0.2, 0) is 4.79 Å². The minimum Gasteiger partial charge on any atom is -0.392 e. The molecule has 0 aliphatic heterocycles. The fraction of sp³-hybridized carbons (Fsp3) is 0.357. The van der Waals surface area contributed by atoms with Crippen LogP contribution in [0.5, 0.6) is 0 Å². The number of hydrogen-bond acceptors (Lipinski definition) is 5. The fourth-order valence-electron chi connectivity index (χ4n) is 1.56. The first-order valence-electron chi connectivity index (χ1n) is 6.58. The summed E-state index contributed by atoms with van der Waals surface area (Å²) in [5.41, 5.74) is 0.575. The molecule has 7 heteroatoms. The van der Waals surface area contributed by atoms with Gasteiger partial charge in [0.1, 0.15) is 0 Å². The Labute approximate surface area is 122 Å². The lowest BCUT2D eigenvalue weighted by Gasteiger charge is -2.06. The molecule has 0 heterocycles. The van der Waals surface area contributed by atoms with E-state index in [1.165, 1.54) is 24.3 Å². The van der Waals surface area contributed by atoms with Crippen LogP contribution in [0.1, 0.15) is 12.5 Å². The molecule has 0 aromatic heterocycles. The summed E-state index contributed by atoms with van der Waals surface area (Å²) in [5, 5.41) is 25.3. The second kappa shape index (κ2) is 8.83. The number of carbonyl (C=O) groups is 1. The molecular weight excluding hydrogens is 274 g/mol. The average Bonchev–Trinajstić information content (AvgIpc) is 2.44. The minimum atomic E-state index is -0.481. The van der Waals surface area contributed by atoms with Crippen LogP contribution in [0.4, 0.5) is 5.69 Å². The fourth-order valence-corrected chi connectivity index (χ4v) is 1.56. The van der Waals surface area contributed by atoms with E-state index in [1.807, 2.05) is 0 Å². The third-order valence-electron chi connectivity index (χ3n) is 2.55. The predicted molar refractivity (Wildman–Crippen MR) is 79.7 cm³/mol. The van der Waals surface area contributed by atoms with Crippen LogP contribution in [0.15, 0.2) is 30.3 Å². The van der Waals surface area contributed by atoms with Crippen molar-refractivity contribution < 1.29 is 14.8 Å². The van der Waals surface area contributed by atoms with E-state index in [2.05, 4.69) is 10.6 Å². The van der Waals surface area contributed by atoms with Crippen molar-refractivity contribution in [3.05, 3.63) is 46.0 Å². The zero-order valence-electron chi connectivity index (χ0n) is 11.8.